The Balaban J connectivity index is 2.42. The molecule has 1 aromatic rings. The number of amides is 3. The van der Waals surface area contributed by atoms with Gasteiger partial charge < -0.3 is 16.0 Å². The molecule has 0 aromatic heterocycles. The van der Waals surface area contributed by atoms with Crippen molar-refractivity contribution in [3.05, 3.63) is 35.9 Å². The molecule has 0 aliphatic carbocycles. The third-order valence-corrected chi connectivity index (χ3v) is 3.45. The summed E-state index contributed by atoms with van der Waals surface area (Å²) >= 11 is 1.47. The van der Waals surface area contributed by atoms with E-state index in [1.54, 1.807) is 0 Å². The van der Waals surface area contributed by atoms with E-state index < -0.39 is 12.1 Å². The fourth-order valence-corrected chi connectivity index (χ4v) is 2.27. The number of urea groups is 1. The molecule has 0 radical (unpaired) electrons. The van der Waals surface area contributed by atoms with Crippen LogP contribution in [-0.4, -0.2) is 36.5 Å². The van der Waals surface area contributed by atoms with Crippen molar-refractivity contribution >= 4 is 23.7 Å². The van der Waals surface area contributed by atoms with Crippen LogP contribution in [0.1, 0.15) is 12.0 Å². The van der Waals surface area contributed by atoms with Crippen molar-refractivity contribution in [1.29, 1.82) is 5.26 Å². The topological polar surface area (TPSA) is 94.0 Å². The number of carbonyl (C=O) groups excluding carboxylic acids is 2. The molecule has 118 valence electrons. The van der Waals surface area contributed by atoms with Crippen LogP contribution in [0.15, 0.2) is 30.3 Å². The van der Waals surface area contributed by atoms with E-state index in [2.05, 4.69) is 16.0 Å². The van der Waals surface area contributed by atoms with Crippen molar-refractivity contribution in [3.8, 4) is 6.07 Å². The minimum atomic E-state index is -0.621. The number of benzene rings is 1. The van der Waals surface area contributed by atoms with Crippen LogP contribution in [0.25, 0.3) is 0 Å². The first-order valence-electron chi connectivity index (χ1n) is 6.89. The SMILES string of the molecule is CSCC(NC(=O)NCc1ccccc1)C(=O)NCCC#N. The fraction of sp³-hybridized carbons (Fsp3) is 0.400. The zero-order valence-electron chi connectivity index (χ0n) is 12.5. The van der Waals surface area contributed by atoms with Crippen LogP contribution in [0.3, 0.4) is 0 Å². The summed E-state index contributed by atoms with van der Waals surface area (Å²) in [5, 5.41) is 16.5. The molecule has 0 fully saturated rings. The molecule has 1 aromatic carbocycles. The summed E-state index contributed by atoms with van der Waals surface area (Å²) in [6.07, 6.45) is 2.11. The summed E-state index contributed by atoms with van der Waals surface area (Å²) in [5.41, 5.74) is 0.984. The van der Waals surface area contributed by atoms with E-state index in [0.29, 0.717) is 12.3 Å². The van der Waals surface area contributed by atoms with Crippen molar-refractivity contribution in [3.63, 3.8) is 0 Å². The zero-order valence-corrected chi connectivity index (χ0v) is 13.3. The largest absolute Gasteiger partial charge is 0.353 e. The van der Waals surface area contributed by atoms with Gasteiger partial charge in [-0.1, -0.05) is 30.3 Å². The summed E-state index contributed by atoms with van der Waals surface area (Å²) in [6, 6.07) is 10.5. The van der Waals surface area contributed by atoms with Crippen molar-refractivity contribution in [2.75, 3.05) is 18.6 Å². The van der Waals surface area contributed by atoms with E-state index >= 15 is 0 Å². The molecule has 0 aliphatic rings. The highest BCUT2D eigenvalue weighted by Crippen LogP contribution is 1.99. The van der Waals surface area contributed by atoms with Crippen LogP contribution >= 0.6 is 11.8 Å². The number of nitriles is 1. The van der Waals surface area contributed by atoms with E-state index in [1.807, 2.05) is 42.7 Å². The summed E-state index contributed by atoms with van der Waals surface area (Å²) in [7, 11) is 0. The van der Waals surface area contributed by atoms with E-state index in [9.17, 15) is 9.59 Å². The average Bonchev–Trinajstić information content (AvgIpc) is 2.53. The molecule has 7 heteroatoms. The average molecular weight is 320 g/mol. The fourth-order valence-electron chi connectivity index (χ4n) is 1.70. The molecule has 1 atom stereocenters. The number of carbonyl (C=O) groups is 2. The maximum Gasteiger partial charge on any atom is 0.315 e. The maximum absolute atomic E-state index is 11.9. The molecular formula is C15H20N4O2S. The van der Waals surface area contributed by atoms with Crippen molar-refractivity contribution in [2.45, 2.75) is 19.0 Å². The van der Waals surface area contributed by atoms with Crippen molar-refractivity contribution < 1.29 is 9.59 Å². The van der Waals surface area contributed by atoms with Gasteiger partial charge in [0, 0.05) is 18.8 Å². The quantitative estimate of drug-likeness (QED) is 0.628. The minimum absolute atomic E-state index is 0.248. The predicted octanol–water partition coefficient (Wildman–Crippen LogP) is 1.25. The second-order valence-electron chi connectivity index (χ2n) is 4.52. The molecule has 6 nitrogen and oxygen atoms in total. The number of hydrogen-bond donors (Lipinski definition) is 3. The monoisotopic (exact) mass is 320 g/mol. The molecule has 0 spiro atoms. The lowest BCUT2D eigenvalue weighted by Gasteiger charge is -2.17. The summed E-state index contributed by atoms with van der Waals surface area (Å²) in [6.45, 7) is 0.683. The number of hydrogen-bond acceptors (Lipinski definition) is 4. The van der Waals surface area contributed by atoms with Gasteiger partial charge in [-0.05, 0) is 11.8 Å². The summed E-state index contributed by atoms with van der Waals surface area (Å²) < 4.78 is 0. The third-order valence-electron chi connectivity index (χ3n) is 2.79. The van der Waals surface area contributed by atoms with E-state index in [4.69, 9.17) is 5.26 Å². The predicted molar refractivity (Wildman–Crippen MR) is 87.2 cm³/mol. The van der Waals surface area contributed by atoms with E-state index in [-0.39, 0.29) is 18.9 Å². The van der Waals surface area contributed by atoms with Crippen molar-refractivity contribution in [1.82, 2.24) is 16.0 Å². The molecule has 0 saturated heterocycles. The normalized spacial score (nSPS) is 11.1. The van der Waals surface area contributed by atoms with Gasteiger partial charge in [0.1, 0.15) is 6.04 Å². The smallest absolute Gasteiger partial charge is 0.315 e. The second-order valence-corrected chi connectivity index (χ2v) is 5.43. The highest BCUT2D eigenvalue weighted by Gasteiger charge is 2.19. The first-order valence-corrected chi connectivity index (χ1v) is 8.28. The molecular weight excluding hydrogens is 300 g/mol. The summed E-state index contributed by atoms with van der Waals surface area (Å²) in [4.78, 5) is 23.8. The first-order chi connectivity index (χ1) is 10.7. The Morgan fingerprint density at radius 2 is 2.00 bits per heavy atom. The Morgan fingerprint density at radius 1 is 1.27 bits per heavy atom. The maximum atomic E-state index is 11.9. The Hall–Kier alpha value is -2.20. The summed E-state index contributed by atoms with van der Waals surface area (Å²) in [5.74, 6) is 0.191. The van der Waals surface area contributed by atoms with Gasteiger partial charge in [-0.25, -0.2) is 4.79 Å². The molecule has 22 heavy (non-hydrogen) atoms. The number of rotatable bonds is 8. The van der Waals surface area contributed by atoms with Crippen LogP contribution in [0.2, 0.25) is 0 Å². The molecule has 3 N–H and O–H groups in total. The lowest BCUT2D eigenvalue weighted by atomic mass is 10.2. The Bertz CT molecular complexity index is 516. The third kappa shape index (κ3) is 6.99. The highest BCUT2D eigenvalue weighted by molar-refractivity contribution is 7.98. The van der Waals surface area contributed by atoms with Gasteiger partial charge in [-0.3, -0.25) is 4.79 Å². The lowest BCUT2D eigenvalue weighted by molar-refractivity contribution is -0.122. The molecule has 0 aliphatic heterocycles. The molecule has 1 rings (SSSR count). The number of nitrogens with one attached hydrogen (secondary N) is 3. The zero-order chi connectivity index (χ0) is 16.2. The van der Waals surface area contributed by atoms with Gasteiger partial charge >= 0.3 is 6.03 Å². The van der Waals surface area contributed by atoms with Gasteiger partial charge in [0.25, 0.3) is 0 Å². The van der Waals surface area contributed by atoms with Crippen LogP contribution < -0.4 is 16.0 Å². The van der Waals surface area contributed by atoms with Gasteiger partial charge in [0.05, 0.1) is 12.5 Å². The van der Waals surface area contributed by atoms with Crippen LogP contribution in [0.5, 0.6) is 0 Å². The van der Waals surface area contributed by atoms with Crippen LogP contribution in [0.4, 0.5) is 4.79 Å². The Labute approximate surface area is 134 Å². The van der Waals surface area contributed by atoms with Gasteiger partial charge in [-0.2, -0.15) is 17.0 Å². The molecule has 0 bridgehead atoms. The van der Waals surface area contributed by atoms with E-state index in [1.165, 1.54) is 11.8 Å². The second kappa shape index (κ2) is 10.5. The van der Waals surface area contributed by atoms with Gasteiger partial charge in [0.2, 0.25) is 5.91 Å². The van der Waals surface area contributed by atoms with Crippen LogP contribution in [-0.2, 0) is 11.3 Å². The van der Waals surface area contributed by atoms with Gasteiger partial charge in [0.15, 0.2) is 0 Å². The van der Waals surface area contributed by atoms with E-state index in [0.717, 1.165) is 5.56 Å². The molecule has 0 heterocycles. The lowest BCUT2D eigenvalue weighted by Crippen LogP contribution is -2.51. The number of nitrogens with zero attached hydrogens (tertiary/aromatic N) is 1. The Morgan fingerprint density at radius 3 is 2.64 bits per heavy atom. The van der Waals surface area contributed by atoms with Crippen LogP contribution in [0, 0.1) is 11.3 Å². The number of thioether (sulfide) groups is 1. The molecule has 1 unspecified atom stereocenters. The first kappa shape index (κ1) is 17.9. The Kier molecular flexibility index (Phi) is 8.53. The standard InChI is InChI=1S/C15H20N4O2S/c1-22-11-13(14(20)17-9-5-8-16)19-15(21)18-10-12-6-3-2-4-7-12/h2-4,6-7,13H,5,9-11H2,1H3,(H,17,20)(H2,18,19,21). The van der Waals surface area contributed by atoms with Gasteiger partial charge in [-0.15, -0.1) is 0 Å². The minimum Gasteiger partial charge on any atom is -0.353 e. The molecule has 3 amide bonds. The highest BCUT2D eigenvalue weighted by atomic mass is 32.2. The molecule has 0 saturated carbocycles. The van der Waals surface area contributed by atoms with Crippen molar-refractivity contribution in [2.24, 2.45) is 0 Å².